The van der Waals surface area contributed by atoms with E-state index in [0.29, 0.717) is 6.61 Å². The van der Waals surface area contributed by atoms with Crippen molar-refractivity contribution < 1.29 is 9.53 Å². The summed E-state index contributed by atoms with van der Waals surface area (Å²) in [6.07, 6.45) is 3.22. The van der Waals surface area contributed by atoms with E-state index < -0.39 is 0 Å². The summed E-state index contributed by atoms with van der Waals surface area (Å²) >= 11 is 0. The molecule has 0 fully saturated rings. The Morgan fingerprint density at radius 2 is 1.82 bits per heavy atom. The molecule has 0 unspecified atom stereocenters. The van der Waals surface area contributed by atoms with Crippen LogP contribution in [0.1, 0.15) is 38.8 Å². The third kappa shape index (κ3) is 4.43. The second-order valence-electron chi connectivity index (χ2n) is 4.96. The van der Waals surface area contributed by atoms with Crippen LogP contribution in [0.25, 0.3) is 6.08 Å². The molecule has 0 radical (unpaired) electrons. The number of hydrogen-bond acceptors (Lipinski definition) is 2. The lowest BCUT2D eigenvalue weighted by Crippen LogP contribution is -2.10. The molecule has 0 N–H and O–H groups in total. The molecule has 1 aromatic rings. The Morgan fingerprint density at radius 1 is 1.24 bits per heavy atom. The molecule has 0 spiro atoms. The summed E-state index contributed by atoms with van der Waals surface area (Å²) in [5, 5.41) is 0. The van der Waals surface area contributed by atoms with Crippen LogP contribution >= 0.6 is 0 Å². The zero-order valence-corrected chi connectivity index (χ0v) is 11.0. The average Bonchev–Trinajstić information content (AvgIpc) is 2.26. The maximum absolute atomic E-state index is 11.1. The Morgan fingerprint density at radius 3 is 2.29 bits per heavy atom. The molecule has 0 atom stereocenters. The Labute approximate surface area is 103 Å². The van der Waals surface area contributed by atoms with Crippen LogP contribution in [0.2, 0.25) is 0 Å². The van der Waals surface area contributed by atoms with Gasteiger partial charge in [0.25, 0.3) is 0 Å². The van der Waals surface area contributed by atoms with Crippen LogP contribution < -0.4 is 0 Å². The summed E-state index contributed by atoms with van der Waals surface area (Å²) in [5.41, 5.74) is 2.44. The Hall–Kier alpha value is -1.57. The molecule has 0 amide bonds. The molecular formula is C15H20O2. The molecule has 0 heterocycles. The van der Waals surface area contributed by atoms with Gasteiger partial charge in [0.15, 0.2) is 0 Å². The van der Waals surface area contributed by atoms with Gasteiger partial charge < -0.3 is 4.74 Å². The molecule has 17 heavy (non-hydrogen) atoms. The predicted octanol–water partition coefficient (Wildman–Crippen LogP) is 3.56. The summed E-state index contributed by atoms with van der Waals surface area (Å²) in [4.78, 5) is 11.1. The minimum atomic E-state index is -0.299. The lowest BCUT2D eigenvalue weighted by molar-refractivity contribution is -0.137. The van der Waals surface area contributed by atoms with Gasteiger partial charge in [-0.2, -0.15) is 0 Å². The molecule has 0 aliphatic rings. The van der Waals surface area contributed by atoms with Crippen LogP contribution in [-0.2, 0) is 14.9 Å². The summed E-state index contributed by atoms with van der Waals surface area (Å²) in [6, 6.07) is 8.20. The second-order valence-corrected chi connectivity index (χ2v) is 4.96. The summed E-state index contributed by atoms with van der Waals surface area (Å²) in [5.74, 6) is -0.299. The highest BCUT2D eigenvalue weighted by Crippen LogP contribution is 2.22. The first-order valence-electron chi connectivity index (χ1n) is 5.89. The van der Waals surface area contributed by atoms with Gasteiger partial charge in [-0.1, -0.05) is 45.0 Å². The molecular weight excluding hydrogens is 212 g/mol. The van der Waals surface area contributed by atoms with Gasteiger partial charge in [-0.05, 0) is 29.5 Å². The third-order valence-corrected chi connectivity index (χ3v) is 2.48. The molecule has 0 saturated carbocycles. The molecule has 0 aliphatic carbocycles. The van der Waals surface area contributed by atoms with E-state index in [2.05, 4.69) is 32.9 Å². The van der Waals surface area contributed by atoms with E-state index in [1.165, 1.54) is 11.6 Å². The van der Waals surface area contributed by atoms with Crippen LogP contribution in [0, 0.1) is 0 Å². The topological polar surface area (TPSA) is 26.3 Å². The van der Waals surface area contributed by atoms with Crippen LogP contribution in [0.15, 0.2) is 30.3 Å². The van der Waals surface area contributed by atoms with E-state index in [0.717, 1.165) is 5.56 Å². The normalized spacial score (nSPS) is 11.8. The highest BCUT2D eigenvalue weighted by molar-refractivity contribution is 5.87. The van der Waals surface area contributed by atoms with Crippen molar-refractivity contribution in [2.45, 2.75) is 33.1 Å². The highest BCUT2D eigenvalue weighted by atomic mass is 16.5. The van der Waals surface area contributed by atoms with E-state index in [1.807, 2.05) is 12.1 Å². The highest BCUT2D eigenvalue weighted by Gasteiger charge is 2.12. The number of benzene rings is 1. The first kappa shape index (κ1) is 13.5. The summed E-state index contributed by atoms with van der Waals surface area (Å²) < 4.78 is 4.82. The van der Waals surface area contributed by atoms with Gasteiger partial charge in [0.05, 0.1) is 6.61 Å². The van der Waals surface area contributed by atoms with Crippen LogP contribution in [0.4, 0.5) is 0 Å². The van der Waals surface area contributed by atoms with Crippen LogP contribution in [-0.4, -0.2) is 12.6 Å². The standard InChI is InChI=1S/C15H20O2/c1-5-17-14(16)11-8-12-6-9-13(10-7-12)15(2,3)4/h6-11H,5H2,1-4H3/b11-8+. The van der Waals surface area contributed by atoms with Crippen LogP contribution in [0.3, 0.4) is 0 Å². The molecule has 2 nitrogen and oxygen atoms in total. The van der Waals surface area contributed by atoms with Crippen molar-refractivity contribution in [3.05, 3.63) is 41.5 Å². The van der Waals surface area contributed by atoms with Crippen molar-refractivity contribution in [3.63, 3.8) is 0 Å². The van der Waals surface area contributed by atoms with Crippen molar-refractivity contribution in [1.29, 1.82) is 0 Å². The third-order valence-electron chi connectivity index (χ3n) is 2.48. The smallest absolute Gasteiger partial charge is 0.330 e. The maximum Gasteiger partial charge on any atom is 0.330 e. The first-order valence-corrected chi connectivity index (χ1v) is 5.89. The predicted molar refractivity (Wildman–Crippen MR) is 70.8 cm³/mol. The molecule has 1 aromatic carbocycles. The first-order chi connectivity index (χ1) is 7.93. The Bertz CT molecular complexity index is 394. The number of hydrogen-bond donors (Lipinski definition) is 0. The summed E-state index contributed by atoms with van der Waals surface area (Å²) in [7, 11) is 0. The Kier molecular flexibility index (Phi) is 4.50. The fraction of sp³-hybridized carbons (Fsp3) is 0.400. The van der Waals surface area contributed by atoms with Gasteiger partial charge in [0.2, 0.25) is 0 Å². The van der Waals surface area contributed by atoms with E-state index in [4.69, 9.17) is 4.74 Å². The lowest BCUT2D eigenvalue weighted by Gasteiger charge is -2.18. The fourth-order valence-electron chi connectivity index (χ4n) is 1.45. The SMILES string of the molecule is CCOC(=O)/C=C/c1ccc(C(C)(C)C)cc1. The minimum Gasteiger partial charge on any atom is -0.463 e. The second kappa shape index (κ2) is 5.67. The van der Waals surface area contributed by atoms with E-state index in [1.54, 1.807) is 13.0 Å². The molecule has 0 aliphatic heterocycles. The van der Waals surface area contributed by atoms with E-state index >= 15 is 0 Å². The molecule has 1 rings (SSSR count). The average molecular weight is 232 g/mol. The minimum absolute atomic E-state index is 0.156. The number of carbonyl (C=O) groups is 1. The number of esters is 1. The zero-order valence-electron chi connectivity index (χ0n) is 11.0. The number of ether oxygens (including phenoxy) is 1. The van der Waals surface area contributed by atoms with Gasteiger partial charge >= 0.3 is 5.97 Å². The van der Waals surface area contributed by atoms with Crippen LogP contribution in [0.5, 0.6) is 0 Å². The zero-order chi connectivity index (χ0) is 12.9. The van der Waals surface area contributed by atoms with Crippen molar-refractivity contribution >= 4 is 12.0 Å². The van der Waals surface area contributed by atoms with Gasteiger partial charge in [-0.25, -0.2) is 4.79 Å². The Balaban J connectivity index is 2.72. The maximum atomic E-state index is 11.1. The quantitative estimate of drug-likeness (QED) is 0.588. The lowest BCUT2D eigenvalue weighted by atomic mass is 9.87. The van der Waals surface area contributed by atoms with E-state index in [9.17, 15) is 4.79 Å². The molecule has 92 valence electrons. The fourth-order valence-corrected chi connectivity index (χ4v) is 1.45. The summed E-state index contributed by atoms with van der Waals surface area (Å²) in [6.45, 7) is 8.74. The van der Waals surface area contributed by atoms with Crippen molar-refractivity contribution in [1.82, 2.24) is 0 Å². The van der Waals surface area contributed by atoms with Gasteiger partial charge in [-0.3, -0.25) is 0 Å². The largest absolute Gasteiger partial charge is 0.463 e. The molecule has 0 bridgehead atoms. The molecule has 0 aromatic heterocycles. The molecule has 2 heteroatoms. The number of rotatable bonds is 3. The molecule has 0 saturated heterocycles. The van der Waals surface area contributed by atoms with Crippen molar-refractivity contribution in [2.75, 3.05) is 6.61 Å². The van der Waals surface area contributed by atoms with Crippen molar-refractivity contribution in [2.24, 2.45) is 0 Å². The van der Waals surface area contributed by atoms with Gasteiger partial charge in [0, 0.05) is 6.08 Å². The van der Waals surface area contributed by atoms with Gasteiger partial charge in [0.1, 0.15) is 0 Å². The monoisotopic (exact) mass is 232 g/mol. The van der Waals surface area contributed by atoms with E-state index in [-0.39, 0.29) is 11.4 Å². The van der Waals surface area contributed by atoms with Gasteiger partial charge in [-0.15, -0.1) is 0 Å². The number of carbonyl (C=O) groups excluding carboxylic acids is 1. The van der Waals surface area contributed by atoms with Crippen molar-refractivity contribution in [3.8, 4) is 0 Å².